The Labute approximate surface area is 120 Å². The van der Waals surface area contributed by atoms with Crippen LogP contribution in [0.5, 0.6) is 0 Å². The number of thiophene rings is 1. The monoisotopic (exact) mass is 325 g/mol. The van der Waals surface area contributed by atoms with Crippen LogP contribution in [0.2, 0.25) is 0 Å². The summed E-state index contributed by atoms with van der Waals surface area (Å²) >= 11 is 5.19. The lowest BCUT2D eigenvalue weighted by atomic mass is 10.1. The van der Waals surface area contributed by atoms with Gasteiger partial charge in [0.1, 0.15) is 0 Å². The van der Waals surface area contributed by atoms with E-state index < -0.39 is 0 Å². The lowest BCUT2D eigenvalue weighted by Gasteiger charge is -2.16. The zero-order valence-corrected chi connectivity index (χ0v) is 12.4. The Bertz CT molecular complexity index is 472. The minimum atomic E-state index is 0.0965. The summed E-state index contributed by atoms with van der Waals surface area (Å²) in [5.74, 6) is 0. The van der Waals surface area contributed by atoms with E-state index in [1.54, 1.807) is 11.3 Å². The standard InChI is InChI=1S/C14H16BrNOS/c15-14-10-18-9-12(14)7-16-13(8-17)6-11-4-2-1-3-5-11/h1-5,9-10,13,16-17H,6-8H2. The molecule has 2 N–H and O–H groups in total. The molecule has 1 heterocycles. The molecule has 0 aliphatic carbocycles. The molecule has 0 aliphatic rings. The molecule has 1 aromatic carbocycles. The SMILES string of the molecule is OCC(Cc1ccccc1)NCc1cscc1Br. The number of hydrogen-bond donors (Lipinski definition) is 2. The van der Waals surface area contributed by atoms with Crippen LogP contribution in [-0.4, -0.2) is 17.8 Å². The Balaban J connectivity index is 1.88. The molecule has 2 aromatic rings. The van der Waals surface area contributed by atoms with Crippen LogP contribution in [0.4, 0.5) is 0 Å². The maximum atomic E-state index is 9.41. The van der Waals surface area contributed by atoms with Gasteiger partial charge in [0.15, 0.2) is 0 Å². The van der Waals surface area contributed by atoms with Crippen LogP contribution in [0.15, 0.2) is 45.6 Å². The van der Waals surface area contributed by atoms with Crippen LogP contribution in [-0.2, 0) is 13.0 Å². The molecule has 0 aliphatic heterocycles. The van der Waals surface area contributed by atoms with E-state index in [-0.39, 0.29) is 12.6 Å². The number of nitrogens with one attached hydrogen (secondary N) is 1. The van der Waals surface area contributed by atoms with Crippen LogP contribution < -0.4 is 5.32 Å². The molecule has 1 unspecified atom stereocenters. The molecule has 0 fully saturated rings. The molecule has 0 spiro atoms. The number of benzene rings is 1. The van der Waals surface area contributed by atoms with Crippen molar-refractivity contribution in [1.29, 1.82) is 0 Å². The summed E-state index contributed by atoms with van der Waals surface area (Å²) in [5.41, 5.74) is 2.49. The zero-order chi connectivity index (χ0) is 12.8. The van der Waals surface area contributed by atoms with Gasteiger partial charge in [0.25, 0.3) is 0 Å². The smallest absolute Gasteiger partial charge is 0.0587 e. The van der Waals surface area contributed by atoms with Crippen LogP contribution in [0.1, 0.15) is 11.1 Å². The molecule has 0 bridgehead atoms. The molecule has 0 saturated carbocycles. The lowest BCUT2D eigenvalue weighted by molar-refractivity contribution is 0.241. The summed E-state index contributed by atoms with van der Waals surface area (Å²) in [5, 5.41) is 17.0. The Morgan fingerprint density at radius 3 is 2.61 bits per heavy atom. The van der Waals surface area contributed by atoms with Gasteiger partial charge in [-0.2, -0.15) is 11.3 Å². The van der Waals surface area contributed by atoms with Crippen molar-refractivity contribution >= 4 is 27.3 Å². The average molecular weight is 326 g/mol. The fourth-order valence-electron chi connectivity index (χ4n) is 1.79. The van der Waals surface area contributed by atoms with Gasteiger partial charge < -0.3 is 10.4 Å². The van der Waals surface area contributed by atoms with Crippen LogP contribution in [0, 0.1) is 0 Å². The molecule has 2 rings (SSSR count). The first-order chi connectivity index (χ1) is 8.79. The van der Waals surface area contributed by atoms with E-state index in [1.165, 1.54) is 11.1 Å². The highest BCUT2D eigenvalue weighted by Gasteiger charge is 2.09. The Hall–Kier alpha value is -0.680. The van der Waals surface area contributed by atoms with Gasteiger partial charge in [-0.3, -0.25) is 0 Å². The van der Waals surface area contributed by atoms with Gasteiger partial charge in [-0.05, 0) is 38.9 Å². The van der Waals surface area contributed by atoms with Crippen molar-refractivity contribution in [2.45, 2.75) is 19.0 Å². The van der Waals surface area contributed by atoms with Crippen molar-refractivity contribution in [1.82, 2.24) is 5.32 Å². The van der Waals surface area contributed by atoms with Gasteiger partial charge in [0, 0.05) is 22.4 Å². The predicted molar refractivity (Wildman–Crippen MR) is 79.9 cm³/mol. The quantitative estimate of drug-likeness (QED) is 0.854. The fraction of sp³-hybridized carbons (Fsp3) is 0.286. The summed E-state index contributed by atoms with van der Waals surface area (Å²) in [7, 11) is 0. The second-order valence-electron chi connectivity index (χ2n) is 4.20. The van der Waals surface area contributed by atoms with E-state index in [9.17, 15) is 5.11 Å². The van der Waals surface area contributed by atoms with Crippen molar-refractivity contribution in [2.75, 3.05) is 6.61 Å². The first kappa shape index (κ1) is 13.7. The van der Waals surface area contributed by atoms with Crippen molar-refractivity contribution in [3.8, 4) is 0 Å². The van der Waals surface area contributed by atoms with Crippen LogP contribution in [0.25, 0.3) is 0 Å². The summed E-state index contributed by atoms with van der Waals surface area (Å²) in [4.78, 5) is 0. The molecule has 4 heteroatoms. The summed E-state index contributed by atoms with van der Waals surface area (Å²) in [6, 6.07) is 10.3. The van der Waals surface area contributed by atoms with Crippen molar-refractivity contribution in [3.05, 3.63) is 56.7 Å². The third-order valence-electron chi connectivity index (χ3n) is 2.82. The summed E-state index contributed by atoms with van der Waals surface area (Å²) < 4.78 is 1.14. The Morgan fingerprint density at radius 1 is 1.22 bits per heavy atom. The van der Waals surface area contributed by atoms with E-state index in [1.807, 2.05) is 18.2 Å². The van der Waals surface area contributed by atoms with Crippen LogP contribution >= 0.6 is 27.3 Å². The second kappa shape index (κ2) is 7.04. The van der Waals surface area contributed by atoms with E-state index in [0.717, 1.165) is 17.4 Å². The van der Waals surface area contributed by atoms with Gasteiger partial charge in [0.05, 0.1) is 6.61 Å². The van der Waals surface area contributed by atoms with Crippen molar-refractivity contribution in [3.63, 3.8) is 0 Å². The van der Waals surface area contributed by atoms with E-state index in [2.05, 4.69) is 44.1 Å². The number of rotatable bonds is 6. The first-order valence-electron chi connectivity index (χ1n) is 5.88. The van der Waals surface area contributed by atoms with Gasteiger partial charge in [-0.15, -0.1) is 0 Å². The highest BCUT2D eigenvalue weighted by molar-refractivity contribution is 9.10. The highest BCUT2D eigenvalue weighted by Crippen LogP contribution is 2.21. The molecule has 18 heavy (non-hydrogen) atoms. The molecule has 1 atom stereocenters. The van der Waals surface area contributed by atoms with E-state index in [0.29, 0.717) is 0 Å². The van der Waals surface area contributed by atoms with Gasteiger partial charge in [0.2, 0.25) is 0 Å². The third kappa shape index (κ3) is 3.92. The molecule has 2 nitrogen and oxygen atoms in total. The Morgan fingerprint density at radius 2 is 2.00 bits per heavy atom. The first-order valence-corrected chi connectivity index (χ1v) is 7.62. The predicted octanol–water partition coefficient (Wildman–Crippen LogP) is 3.20. The number of aliphatic hydroxyl groups excluding tert-OH is 1. The molecule has 0 radical (unpaired) electrons. The lowest BCUT2D eigenvalue weighted by Crippen LogP contribution is -2.33. The molecular weight excluding hydrogens is 310 g/mol. The molecule has 1 aromatic heterocycles. The minimum absolute atomic E-state index is 0.0965. The topological polar surface area (TPSA) is 32.3 Å². The molecule has 0 saturated heterocycles. The summed E-state index contributed by atoms with van der Waals surface area (Å²) in [6.07, 6.45) is 0.846. The second-order valence-corrected chi connectivity index (χ2v) is 5.79. The molecular formula is C14H16BrNOS. The van der Waals surface area contributed by atoms with Crippen molar-refractivity contribution < 1.29 is 5.11 Å². The van der Waals surface area contributed by atoms with E-state index in [4.69, 9.17) is 0 Å². The number of aliphatic hydroxyl groups is 1. The number of halogens is 1. The highest BCUT2D eigenvalue weighted by atomic mass is 79.9. The van der Waals surface area contributed by atoms with Gasteiger partial charge >= 0.3 is 0 Å². The number of hydrogen-bond acceptors (Lipinski definition) is 3. The normalized spacial score (nSPS) is 12.6. The zero-order valence-electron chi connectivity index (χ0n) is 9.97. The Kier molecular flexibility index (Phi) is 5.38. The largest absolute Gasteiger partial charge is 0.395 e. The van der Waals surface area contributed by atoms with Crippen LogP contribution in [0.3, 0.4) is 0 Å². The van der Waals surface area contributed by atoms with Crippen molar-refractivity contribution in [2.24, 2.45) is 0 Å². The maximum Gasteiger partial charge on any atom is 0.0587 e. The maximum absolute atomic E-state index is 9.41. The summed E-state index contributed by atoms with van der Waals surface area (Å²) in [6.45, 7) is 0.929. The van der Waals surface area contributed by atoms with E-state index >= 15 is 0 Å². The third-order valence-corrected chi connectivity index (χ3v) is 4.65. The fourth-order valence-corrected chi connectivity index (χ4v) is 3.23. The molecule has 0 amide bonds. The molecule has 96 valence electrons. The average Bonchev–Trinajstić information content (AvgIpc) is 2.81. The minimum Gasteiger partial charge on any atom is -0.395 e. The van der Waals surface area contributed by atoms with Gasteiger partial charge in [-0.1, -0.05) is 30.3 Å². The van der Waals surface area contributed by atoms with Gasteiger partial charge in [-0.25, -0.2) is 0 Å².